The molecule has 1 unspecified atom stereocenters. The van der Waals surface area contributed by atoms with Gasteiger partial charge in [0, 0.05) is 31.5 Å². The van der Waals surface area contributed by atoms with Gasteiger partial charge in [0.15, 0.2) is 6.61 Å². The van der Waals surface area contributed by atoms with Crippen LogP contribution >= 0.6 is 0 Å². The number of halogens is 1. The zero-order valence-electron chi connectivity index (χ0n) is 15.1. The SMILES string of the molecule is O=C(COc1ccc(F)cc1)NC1CCN(c2nccc(-c3ccc[nH]3)n2)C1. The Morgan fingerprint density at radius 3 is 2.93 bits per heavy atom. The number of ether oxygens (including phenoxy) is 1. The number of hydrogen-bond acceptors (Lipinski definition) is 5. The molecule has 0 saturated carbocycles. The molecule has 28 heavy (non-hydrogen) atoms. The second-order valence-electron chi connectivity index (χ2n) is 6.57. The fourth-order valence-corrected chi connectivity index (χ4v) is 3.15. The number of carbonyl (C=O) groups is 1. The lowest BCUT2D eigenvalue weighted by Gasteiger charge is -2.17. The first-order valence-corrected chi connectivity index (χ1v) is 9.07. The van der Waals surface area contributed by atoms with E-state index in [1.807, 2.05) is 24.4 Å². The zero-order chi connectivity index (χ0) is 19.3. The summed E-state index contributed by atoms with van der Waals surface area (Å²) in [6.07, 6.45) is 4.39. The molecule has 1 saturated heterocycles. The van der Waals surface area contributed by atoms with Crippen molar-refractivity contribution in [2.75, 3.05) is 24.6 Å². The van der Waals surface area contributed by atoms with Crippen LogP contribution in [0.5, 0.6) is 5.75 Å². The fourth-order valence-electron chi connectivity index (χ4n) is 3.15. The second-order valence-corrected chi connectivity index (χ2v) is 6.57. The molecular formula is C20H20FN5O2. The number of amides is 1. The van der Waals surface area contributed by atoms with Crippen LogP contribution in [0.3, 0.4) is 0 Å². The molecule has 0 radical (unpaired) electrons. The minimum atomic E-state index is -0.342. The van der Waals surface area contributed by atoms with Crippen LogP contribution in [0.1, 0.15) is 6.42 Å². The van der Waals surface area contributed by atoms with E-state index in [9.17, 15) is 9.18 Å². The van der Waals surface area contributed by atoms with E-state index >= 15 is 0 Å². The Morgan fingerprint density at radius 1 is 1.29 bits per heavy atom. The summed E-state index contributed by atoms with van der Waals surface area (Å²) in [5.74, 6) is 0.549. The lowest BCUT2D eigenvalue weighted by atomic mass is 10.2. The number of aromatic nitrogens is 3. The highest BCUT2D eigenvalue weighted by molar-refractivity contribution is 5.78. The molecule has 0 aliphatic carbocycles. The lowest BCUT2D eigenvalue weighted by molar-refractivity contribution is -0.123. The Balaban J connectivity index is 1.30. The van der Waals surface area contributed by atoms with Crippen molar-refractivity contribution in [2.24, 2.45) is 0 Å². The number of hydrogen-bond donors (Lipinski definition) is 2. The smallest absolute Gasteiger partial charge is 0.258 e. The van der Waals surface area contributed by atoms with E-state index in [4.69, 9.17) is 4.74 Å². The van der Waals surface area contributed by atoms with Crippen molar-refractivity contribution >= 4 is 11.9 Å². The average molecular weight is 381 g/mol. The topological polar surface area (TPSA) is 83.1 Å². The molecule has 8 heteroatoms. The third-order valence-corrected chi connectivity index (χ3v) is 4.54. The van der Waals surface area contributed by atoms with Crippen molar-refractivity contribution in [3.05, 3.63) is 60.7 Å². The van der Waals surface area contributed by atoms with E-state index in [-0.39, 0.29) is 24.4 Å². The van der Waals surface area contributed by atoms with E-state index in [2.05, 4.69) is 25.2 Å². The van der Waals surface area contributed by atoms with E-state index < -0.39 is 0 Å². The predicted octanol–water partition coefficient (Wildman–Crippen LogP) is 2.38. The number of aromatic amines is 1. The van der Waals surface area contributed by atoms with Crippen LogP contribution in [0.4, 0.5) is 10.3 Å². The number of anilines is 1. The van der Waals surface area contributed by atoms with Crippen LogP contribution in [-0.2, 0) is 4.79 Å². The van der Waals surface area contributed by atoms with Gasteiger partial charge in [0.1, 0.15) is 11.6 Å². The Hall–Kier alpha value is -3.42. The highest BCUT2D eigenvalue weighted by Gasteiger charge is 2.26. The van der Waals surface area contributed by atoms with E-state index in [1.165, 1.54) is 24.3 Å². The maximum atomic E-state index is 12.9. The van der Waals surface area contributed by atoms with Gasteiger partial charge >= 0.3 is 0 Å². The molecule has 1 aliphatic rings. The summed E-state index contributed by atoms with van der Waals surface area (Å²) in [6, 6.07) is 11.3. The number of rotatable bonds is 6. The summed E-state index contributed by atoms with van der Waals surface area (Å²) in [7, 11) is 0. The summed E-state index contributed by atoms with van der Waals surface area (Å²) in [4.78, 5) is 26.3. The van der Waals surface area contributed by atoms with Crippen LogP contribution in [0.2, 0.25) is 0 Å². The minimum Gasteiger partial charge on any atom is -0.484 e. The monoisotopic (exact) mass is 381 g/mol. The van der Waals surface area contributed by atoms with Crippen molar-refractivity contribution in [1.29, 1.82) is 0 Å². The zero-order valence-corrected chi connectivity index (χ0v) is 15.1. The molecule has 3 aromatic rings. The maximum Gasteiger partial charge on any atom is 0.258 e. The molecule has 1 atom stereocenters. The molecule has 7 nitrogen and oxygen atoms in total. The van der Waals surface area contributed by atoms with Crippen LogP contribution < -0.4 is 15.0 Å². The summed E-state index contributed by atoms with van der Waals surface area (Å²) in [5.41, 5.74) is 1.76. The molecule has 1 fully saturated rings. The lowest BCUT2D eigenvalue weighted by Crippen LogP contribution is -2.39. The van der Waals surface area contributed by atoms with E-state index in [0.717, 1.165) is 24.4 Å². The van der Waals surface area contributed by atoms with Gasteiger partial charge in [-0.1, -0.05) is 0 Å². The first kappa shape index (κ1) is 18.0. The Kier molecular flexibility index (Phi) is 5.18. The summed E-state index contributed by atoms with van der Waals surface area (Å²) < 4.78 is 18.3. The van der Waals surface area contributed by atoms with Crippen LogP contribution in [0.25, 0.3) is 11.4 Å². The number of H-pyrrole nitrogens is 1. The molecule has 2 N–H and O–H groups in total. The maximum absolute atomic E-state index is 12.9. The predicted molar refractivity (Wildman–Crippen MR) is 102 cm³/mol. The molecule has 4 rings (SSSR count). The number of nitrogens with zero attached hydrogens (tertiary/aromatic N) is 3. The van der Waals surface area contributed by atoms with Crippen LogP contribution in [0, 0.1) is 5.82 Å². The van der Waals surface area contributed by atoms with Crippen molar-refractivity contribution in [3.63, 3.8) is 0 Å². The van der Waals surface area contributed by atoms with Gasteiger partial charge in [0.05, 0.1) is 11.4 Å². The van der Waals surface area contributed by atoms with Crippen molar-refractivity contribution < 1.29 is 13.9 Å². The third-order valence-electron chi connectivity index (χ3n) is 4.54. The Labute approximate surface area is 161 Å². The first-order chi connectivity index (χ1) is 13.7. The number of carbonyl (C=O) groups excluding carboxylic acids is 1. The molecule has 144 valence electrons. The Morgan fingerprint density at radius 2 is 2.14 bits per heavy atom. The van der Waals surface area contributed by atoms with Gasteiger partial charge in [-0.3, -0.25) is 4.79 Å². The molecule has 1 amide bonds. The van der Waals surface area contributed by atoms with Crippen molar-refractivity contribution in [1.82, 2.24) is 20.3 Å². The number of nitrogens with one attached hydrogen (secondary N) is 2. The van der Waals surface area contributed by atoms with Gasteiger partial charge in [-0.05, 0) is 48.9 Å². The normalized spacial score (nSPS) is 16.2. The standard InChI is InChI=1S/C20H20FN5O2/c21-14-3-5-16(6-4-14)28-13-19(27)24-15-8-11-26(12-15)20-23-10-7-18(25-20)17-2-1-9-22-17/h1-7,9-10,15,22H,8,11-13H2,(H,24,27). The number of benzene rings is 1. The largest absolute Gasteiger partial charge is 0.484 e. The molecule has 0 spiro atoms. The highest BCUT2D eigenvalue weighted by atomic mass is 19.1. The molecular weight excluding hydrogens is 361 g/mol. The first-order valence-electron chi connectivity index (χ1n) is 9.07. The van der Waals surface area contributed by atoms with Crippen LogP contribution in [-0.4, -0.2) is 46.6 Å². The van der Waals surface area contributed by atoms with Crippen molar-refractivity contribution in [3.8, 4) is 17.1 Å². The minimum absolute atomic E-state index is 0.00191. The Bertz CT molecular complexity index is 930. The summed E-state index contributed by atoms with van der Waals surface area (Å²) >= 11 is 0. The molecule has 0 bridgehead atoms. The van der Waals surface area contributed by atoms with Gasteiger partial charge in [0.25, 0.3) is 5.91 Å². The average Bonchev–Trinajstić information content (AvgIpc) is 3.40. The summed E-state index contributed by atoms with van der Waals surface area (Å²) in [6.45, 7) is 1.29. The highest BCUT2D eigenvalue weighted by Crippen LogP contribution is 2.20. The van der Waals surface area contributed by atoms with Gasteiger partial charge in [-0.15, -0.1) is 0 Å². The quantitative estimate of drug-likeness (QED) is 0.685. The molecule has 2 aromatic heterocycles. The molecule has 1 aliphatic heterocycles. The molecule has 3 heterocycles. The fraction of sp³-hybridized carbons (Fsp3) is 0.250. The van der Waals surface area contributed by atoms with E-state index in [1.54, 1.807) is 6.20 Å². The van der Waals surface area contributed by atoms with Crippen LogP contribution in [0.15, 0.2) is 54.9 Å². The summed E-state index contributed by atoms with van der Waals surface area (Å²) in [5, 5.41) is 2.96. The van der Waals surface area contributed by atoms with Gasteiger partial charge in [-0.25, -0.2) is 14.4 Å². The van der Waals surface area contributed by atoms with Gasteiger partial charge in [0.2, 0.25) is 5.95 Å². The molecule has 1 aromatic carbocycles. The van der Waals surface area contributed by atoms with E-state index in [0.29, 0.717) is 18.2 Å². The van der Waals surface area contributed by atoms with Gasteiger partial charge < -0.3 is 19.9 Å². The van der Waals surface area contributed by atoms with Crippen molar-refractivity contribution in [2.45, 2.75) is 12.5 Å². The van der Waals surface area contributed by atoms with Gasteiger partial charge in [-0.2, -0.15) is 0 Å². The third kappa shape index (κ3) is 4.28. The second kappa shape index (κ2) is 8.08.